The predicted octanol–water partition coefficient (Wildman–Crippen LogP) is 1.54. The molecule has 3 aromatic rings. The van der Waals surface area contributed by atoms with Crippen molar-refractivity contribution in [2.75, 3.05) is 0 Å². The van der Waals surface area contributed by atoms with Crippen molar-refractivity contribution in [3.8, 4) is 0 Å². The maximum atomic E-state index is 12.6. The molecule has 0 amide bonds. The normalized spacial score (nSPS) is 11.6. The zero-order valence-corrected chi connectivity index (χ0v) is 13.7. The molecule has 0 atom stereocenters. The lowest BCUT2D eigenvalue weighted by molar-refractivity contribution is 0.101. The average molecular weight is 343 g/mol. The van der Waals surface area contributed by atoms with Crippen molar-refractivity contribution in [1.29, 1.82) is 0 Å². The van der Waals surface area contributed by atoms with Gasteiger partial charge in [-0.15, -0.1) is 5.10 Å². The van der Waals surface area contributed by atoms with Gasteiger partial charge in [0.05, 0.1) is 10.3 Å². The molecule has 1 aromatic heterocycles. The molecule has 0 aliphatic rings. The lowest BCUT2D eigenvalue weighted by atomic mass is 10.1. The molecule has 122 valence electrons. The highest BCUT2D eigenvalue weighted by atomic mass is 32.2. The van der Waals surface area contributed by atoms with Crippen LogP contribution in [0.3, 0.4) is 0 Å². The Morgan fingerprint density at radius 1 is 1.08 bits per heavy atom. The summed E-state index contributed by atoms with van der Waals surface area (Å²) in [6.07, 6.45) is 0. The Balaban J connectivity index is 2.26. The number of hydrogen-bond donors (Lipinski definition) is 0. The number of benzene rings is 2. The van der Waals surface area contributed by atoms with Crippen molar-refractivity contribution in [3.63, 3.8) is 0 Å². The summed E-state index contributed by atoms with van der Waals surface area (Å²) in [5, 5.41) is 7.33. The Morgan fingerprint density at radius 2 is 1.75 bits per heavy atom. The number of hydrogen-bond acceptors (Lipinski definition) is 6. The predicted molar refractivity (Wildman–Crippen MR) is 87.6 cm³/mol. The highest BCUT2D eigenvalue weighted by molar-refractivity contribution is 7.89. The summed E-state index contributed by atoms with van der Waals surface area (Å²) < 4.78 is 25.6. The monoisotopic (exact) mass is 343 g/mol. The number of carbonyl (C=O) groups is 1. The van der Waals surface area contributed by atoms with Crippen LogP contribution in [0.5, 0.6) is 0 Å². The number of ketones is 1. The first-order valence-electron chi connectivity index (χ1n) is 7.03. The van der Waals surface area contributed by atoms with Gasteiger partial charge in [-0.2, -0.15) is 8.42 Å². The second kappa shape index (κ2) is 5.64. The summed E-state index contributed by atoms with van der Waals surface area (Å²) in [6, 6.07) is 10.3. The number of carbonyl (C=O) groups excluding carboxylic acids is 1. The minimum absolute atomic E-state index is 0.0217. The first-order valence-corrected chi connectivity index (χ1v) is 8.47. The molecule has 0 saturated carbocycles. The quantitative estimate of drug-likeness (QED) is 0.669. The molecule has 0 fully saturated rings. The summed E-state index contributed by atoms with van der Waals surface area (Å²) in [5.41, 5.74) is 0.563. The molecule has 0 bridgehead atoms. The first-order chi connectivity index (χ1) is 11.3. The van der Waals surface area contributed by atoms with Crippen molar-refractivity contribution >= 4 is 26.7 Å². The first kappa shape index (κ1) is 16.0. The van der Waals surface area contributed by atoms with E-state index in [2.05, 4.69) is 10.3 Å². The van der Waals surface area contributed by atoms with Crippen LogP contribution in [0.15, 0.2) is 52.2 Å². The van der Waals surface area contributed by atoms with E-state index >= 15 is 0 Å². The molecule has 0 unspecified atom stereocenters. The second-order valence-corrected chi connectivity index (χ2v) is 7.11. The number of aryl methyl sites for hydroxylation is 1. The topological polar surface area (TPSA) is 99.0 Å². The zero-order chi connectivity index (χ0) is 17.5. The zero-order valence-electron chi connectivity index (χ0n) is 12.9. The van der Waals surface area contributed by atoms with Crippen molar-refractivity contribution < 1.29 is 13.2 Å². The summed E-state index contributed by atoms with van der Waals surface area (Å²) in [6.45, 7) is 3.18. The number of aromatic nitrogens is 3. The minimum atomic E-state index is -4.17. The molecule has 0 saturated heterocycles. The second-order valence-electron chi connectivity index (χ2n) is 5.34. The van der Waals surface area contributed by atoms with Gasteiger partial charge >= 0.3 is 0 Å². The van der Waals surface area contributed by atoms with Crippen LogP contribution in [-0.2, 0) is 10.0 Å². The fourth-order valence-electron chi connectivity index (χ4n) is 2.21. The van der Waals surface area contributed by atoms with Crippen molar-refractivity contribution in [1.82, 2.24) is 14.4 Å². The Labute approximate surface area is 137 Å². The van der Waals surface area contributed by atoms with Crippen molar-refractivity contribution in [2.45, 2.75) is 18.7 Å². The largest absolute Gasteiger partial charge is 0.295 e. The van der Waals surface area contributed by atoms with E-state index < -0.39 is 15.6 Å². The van der Waals surface area contributed by atoms with Gasteiger partial charge in [0, 0.05) is 5.56 Å². The average Bonchev–Trinajstić information content (AvgIpc) is 2.55. The molecule has 24 heavy (non-hydrogen) atoms. The maximum Gasteiger partial charge on any atom is 0.292 e. The lowest BCUT2D eigenvalue weighted by Gasteiger charge is -2.07. The summed E-state index contributed by atoms with van der Waals surface area (Å²) in [5.74, 6) is -0.235. The molecule has 7 nitrogen and oxygen atoms in total. The Hall–Kier alpha value is -2.87. The van der Waals surface area contributed by atoms with Gasteiger partial charge in [-0.05, 0) is 49.4 Å². The number of fused-ring (bicyclic) bond motifs is 1. The Kier molecular flexibility index (Phi) is 3.76. The van der Waals surface area contributed by atoms with Gasteiger partial charge < -0.3 is 0 Å². The van der Waals surface area contributed by atoms with Gasteiger partial charge in [0.1, 0.15) is 5.52 Å². The molecular weight excluding hydrogens is 330 g/mol. The van der Waals surface area contributed by atoms with Crippen LogP contribution in [-0.4, -0.2) is 28.6 Å². The van der Waals surface area contributed by atoms with E-state index in [4.69, 9.17) is 0 Å². The summed E-state index contributed by atoms with van der Waals surface area (Å²) in [7, 11) is -4.17. The van der Waals surface area contributed by atoms with Crippen LogP contribution in [0.2, 0.25) is 0 Å². The number of rotatable bonds is 3. The van der Waals surface area contributed by atoms with Gasteiger partial charge in [0.2, 0.25) is 0 Å². The van der Waals surface area contributed by atoms with E-state index in [1.165, 1.54) is 37.3 Å². The van der Waals surface area contributed by atoms with Crippen LogP contribution < -0.4 is 5.56 Å². The van der Waals surface area contributed by atoms with E-state index in [-0.39, 0.29) is 21.6 Å². The van der Waals surface area contributed by atoms with Crippen LogP contribution in [0, 0.1) is 6.92 Å². The Morgan fingerprint density at radius 3 is 2.38 bits per heavy atom. The van der Waals surface area contributed by atoms with Crippen LogP contribution in [0.1, 0.15) is 22.8 Å². The van der Waals surface area contributed by atoms with E-state index in [1.807, 2.05) is 6.92 Å². The molecule has 0 radical (unpaired) electrons. The minimum Gasteiger partial charge on any atom is -0.295 e. The van der Waals surface area contributed by atoms with Crippen LogP contribution in [0.25, 0.3) is 10.9 Å². The number of nitrogens with zero attached hydrogens (tertiary/aromatic N) is 3. The van der Waals surface area contributed by atoms with Gasteiger partial charge in [-0.25, -0.2) is 0 Å². The smallest absolute Gasteiger partial charge is 0.292 e. The molecule has 0 spiro atoms. The van der Waals surface area contributed by atoms with Crippen LogP contribution in [0.4, 0.5) is 0 Å². The molecule has 0 N–H and O–H groups in total. The van der Waals surface area contributed by atoms with Crippen molar-refractivity contribution in [3.05, 3.63) is 63.9 Å². The highest BCUT2D eigenvalue weighted by Gasteiger charge is 2.22. The molecular formula is C16H13N3O4S. The van der Waals surface area contributed by atoms with E-state index in [0.717, 1.165) is 5.56 Å². The third-order valence-electron chi connectivity index (χ3n) is 3.59. The van der Waals surface area contributed by atoms with Gasteiger partial charge in [-0.1, -0.05) is 21.8 Å². The van der Waals surface area contributed by atoms with Crippen molar-refractivity contribution in [2.24, 2.45) is 0 Å². The molecule has 0 aliphatic carbocycles. The van der Waals surface area contributed by atoms with E-state index in [1.54, 1.807) is 12.1 Å². The van der Waals surface area contributed by atoms with Gasteiger partial charge in [0.25, 0.3) is 15.6 Å². The molecule has 0 aliphatic heterocycles. The highest BCUT2D eigenvalue weighted by Crippen LogP contribution is 2.14. The van der Waals surface area contributed by atoms with Gasteiger partial charge in [-0.3, -0.25) is 9.59 Å². The number of Topliss-reactive ketones (excluding diaryl/α,β-unsaturated/α-hetero) is 1. The fraction of sp³-hybridized carbons (Fsp3) is 0.125. The molecule has 8 heteroatoms. The SMILES string of the molecule is CC(=O)c1ccc2nnn(S(=O)(=O)c3ccc(C)cc3)c(=O)c2c1. The fourth-order valence-corrected chi connectivity index (χ4v) is 3.34. The standard InChI is InChI=1S/C16H13N3O4S/c1-10-3-6-13(7-4-10)24(22,23)19-16(21)14-9-12(11(2)20)5-8-15(14)17-18-19/h3-9H,1-2H3. The third-order valence-corrected chi connectivity index (χ3v) is 5.15. The summed E-state index contributed by atoms with van der Waals surface area (Å²) in [4.78, 5) is 24.0. The molecule has 1 heterocycles. The molecule has 2 aromatic carbocycles. The lowest BCUT2D eigenvalue weighted by Crippen LogP contribution is -2.31. The third kappa shape index (κ3) is 2.61. The summed E-state index contributed by atoms with van der Waals surface area (Å²) >= 11 is 0. The Bertz CT molecular complexity index is 1120. The van der Waals surface area contributed by atoms with E-state index in [9.17, 15) is 18.0 Å². The maximum absolute atomic E-state index is 12.6. The molecule has 3 rings (SSSR count). The van der Waals surface area contributed by atoms with E-state index in [0.29, 0.717) is 9.65 Å². The van der Waals surface area contributed by atoms with Crippen LogP contribution >= 0.6 is 0 Å². The van der Waals surface area contributed by atoms with Gasteiger partial charge in [0.15, 0.2) is 5.78 Å².